The molecule has 1 atom stereocenters. The van der Waals surface area contributed by atoms with Crippen molar-refractivity contribution in [1.29, 1.82) is 0 Å². The third-order valence-corrected chi connectivity index (χ3v) is 5.92. The number of aromatic nitrogens is 1. The van der Waals surface area contributed by atoms with Crippen molar-refractivity contribution in [2.24, 2.45) is 0 Å². The number of amides is 2. The Morgan fingerprint density at radius 2 is 2.04 bits per heavy atom. The van der Waals surface area contributed by atoms with E-state index in [1.807, 2.05) is 17.5 Å². The summed E-state index contributed by atoms with van der Waals surface area (Å²) in [4.78, 5) is 33.1. The highest BCUT2D eigenvalue weighted by atomic mass is 32.1. The Hall–Kier alpha value is -2.25. The van der Waals surface area contributed by atoms with Crippen molar-refractivity contribution in [2.75, 3.05) is 20.3 Å². The van der Waals surface area contributed by atoms with Crippen molar-refractivity contribution in [3.63, 3.8) is 0 Å². The highest BCUT2D eigenvalue weighted by molar-refractivity contribution is 7.10. The largest absolute Gasteiger partial charge is 0.383 e. The maximum atomic E-state index is 13.2. The van der Waals surface area contributed by atoms with Gasteiger partial charge >= 0.3 is 0 Å². The third kappa shape index (κ3) is 5.39. The van der Waals surface area contributed by atoms with E-state index < -0.39 is 6.04 Å². The Morgan fingerprint density at radius 3 is 2.68 bits per heavy atom. The van der Waals surface area contributed by atoms with E-state index >= 15 is 0 Å². The van der Waals surface area contributed by atoms with Crippen molar-refractivity contribution < 1.29 is 14.3 Å². The number of hydrogen-bond donors (Lipinski definition) is 1. The zero-order chi connectivity index (χ0) is 19.8. The summed E-state index contributed by atoms with van der Waals surface area (Å²) in [5.41, 5.74) is 0.765. The van der Waals surface area contributed by atoms with Crippen LogP contribution in [0.5, 0.6) is 0 Å². The molecule has 2 aromatic heterocycles. The number of carbonyl (C=O) groups excluding carboxylic acids is 2. The van der Waals surface area contributed by atoms with Crippen LogP contribution in [0.2, 0.25) is 0 Å². The molecule has 28 heavy (non-hydrogen) atoms. The van der Waals surface area contributed by atoms with Gasteiger partial charge in [-0.15, -0.1) is 11.3 Å². The number of hydrogen-bond acceptors (Lipinski definition) is 5. The second-order valence-corrected chi connectivity index (χ2v) is 8.04. The fraction of sp³-hybridized carbons (Fsp3) is 0.476. The van der Waals surface area contributed by atoms with Gasteiger partial charge in [-0.05, 0) is 42.0 Å². The summed E-state index contributed by atoms with van der Waals surface area (Å²) < 4.78 is 5.22. The monoisotopic (exact) mass is 401 g/mol. The topological polar surface area (TPSA) is 71.5 Å². The van der Waals surface area contributed by atoms with E-state index in [2.05, 4.69) is 10.3 Å². The summed E-state index contributed by atoms with van der Waals surface area (Å²) in [5.74, 6) is -0.211. The van der Waals surface area contributed by atoms with Gasteiger partial charge in [0.15, 0.2) is 0 Å². The summed E-state index contributed by atoms with van der Waals surface area (Å²) in [5, 5.41) is 5.11. The van der Waals surface area contributed by atoms with Gasteiger partial charge in [0.1, 0.15) is 6.04 Å². The minimum absolute atomic E-state index is 0.0807. The molecule has 0 aromatic carbocycles. The lowest BCUT2D eigenvalue weighted by Crippen LogP contribution is -2.47. The smallest absolute Gasteiger partial charge is 0.247 e. The quantitative estimate of drug-likeness (QED) is 0.701. The van der Waals surface area contributed by atoms with Gasteiger partial charge in [-0.2, -0.15) is 0 Å². The number of pyridine rings is 1. The fourth-order valence-electron chi connectivity index (χ4n) is 3.62. The summed E-state index contributed by atoms with van der Waals surface area (Å²) in [6.45, 7) is 0.722. The molecule has 3 rings (SSSR count). The van der Waals surface area contributed by atoms with Gasteiger partial charge in [-0.3, -0.25) is 14.6 Å². The molecular weight excluding hydrogens is 374 g/mol. The van der Waals surface area contributed by atoms with E-state index in [1.54, 1.807) is 47.9 Å². The van der Waals surface area contributed by atoms with Gasteiger partial charge in [0.05, 0.1) is 13.0 Å². The molecule has 7 heteroatoms. The Bertz CT molecular complexity index is 746. The number of nitrogens with one attached hydrogen (secondary N) is 1. The lowest BCUT2D eigenvalue weighted by Gasteiger charge is -2.32. The van der Waals surface area contributed by atoms with Crippen LogP contribution in [0.3, 0.4) is 0 Å². The summed E-state index contributed by atoms with van der Waals surface area (Å²) in [6, 6.07) is 6.98. The summed E-state index contributed by atoms with van der Waals surface area (Å²) >= 11 is 1.55. The fourth-order valence-corrected chi connectivity index (χ4v) is 4.32. The minimum Gasteiger partial charge on any atom is -0.383 e. The molecule has 1 fully saturated rings. The maximum absolute atomic E-state index is 13.2. The first-order valence-electron chi connectivity index (χ1n) is 9.70. The van der Waals surface area contributed by atoms with Gasteiger partial charge in [-0.25, -0.2) is 0 Å². The molecule has 1 aliphatic rings. The van der Waals surface area contributed by atoms with Crippen LogP contribution >= 0.6 is 11.3 Å². The molecule has 2 heterocycles. The molecule has 0 radical (unpaired) electrons. The van der Waals surface area contributed by atoms with Crippen LogP contribution in [0, 0.1) is 0 Å². The van der Waals surface area contributed by atoms with E-state index in [1.165, 1.54) is 0 Å². The zero-order valence-electron chi connectivity index (χ0n) is 16.2. The number of nitrogens with zero attached hydrogens (tertiary/aromatic N) is 2. The second kappa shape index (κ2) is 10.3. The van der Waals surface area contributed by atoms with Gasteiger partial charge in [-0.1, -0.05) is 18.9 Å². The van der Waals surface area contributed by atoms with Crippen LogP contribution in [0.4, 0.5) is 0 Å². The van der Waals surface area contributed by atoms with E-state index in [4.69, 9.17) is 4.74 Å². The number of carbonyl (C=O) groups is 2. The Morgan fingerprint density at radius 1 is 1.29 bits per heavy atom. The molecule has 2 amide bonds. The molecule has 6 nitrogen and oxygen atoms in total. The molecule has 1 N–H and O–H groups in total. The van der Waals surface area contributed by atoms with Crippen molar-refractivity contribution in [1.82, 2.24) is 15.2 Å². The lowest BCUT2D eigenvalue weighted by molar-refractivity contribution is -0.141. The van der Waals surface area contributed by atoms with E-state index in [-0.39, 0.29) is 24.3 Å². The molecule has 1 aliphatic carbocycles. The zero-order valence-corrected chi connectivity index (χ0v) is 17.0. The molecule has 0 aliphatic heterocycles. The van der Waals surface area contributed by atoms with Crippen LogP contribution in [-0.4, -0.2) is 48.0 Å². The summed E-state index contributed by atoms with van der Waals surface area (Å²) in [6.07, 6.45) is 7.85. The Balaban J connectivity index is 1.85. The highest BCUT2D eigenvalue weighted by Crippen LogP contribution is 2.25. The van der Waals surface area contributed by atoms with Crippen LogP contribution in [-0.2, 0) is 20.7 Å². The van der Waals surface area contributed by atoms with E-state index in [0.29, 0.717) is 13.2 Å². The Kier molecular flexibility index (Phi) is 7.56. The first-order valence-corrected chi connectivity index (χ1v) is 10.6. The van der Waals surface area contributed by atoms with Crippen LogP contribution in [0.15, 0.2) is 42.0 Å². The van der Waals surface area contributed by atoms with Crippen molar-refractivity contribution >= 4 is 23.2 Å². The predicted molar refractivity (Wildman–Crippen MR) is 109 cm³/mol. The molecule has 1 saturated carbocycles. The molecule has 0 saturated heterocycles. The van der Waals surface area contributed by atoms with E-state index in [0.717, 1.165) is 36.1 Å². The molecule has 2 aromatic rings. The molecular formula is C21H27N3O3S. The average Bonchev–Trinajstić information content (AvgIpc) is 3.40. The average molecular weight is 402 g/mol. The number of ether oxygens (including phenoxy) is 1. The second-order valence-electron chi connectivity index (χ2n) is 7.01. The van der Waals surface area contributed by atoms with Crippen LogP contribution in [0.25, 0.3) is 0 Å². The summed E-state index contributed by atoms with van der Waals surface area (Å²) in [7, 11) is 1.60. The molecule has 0 spiro atoms. The Labute approximate surface area is 169 Å². The molecule has 150 valence electrons. The SMILES string of the molecule is COCCN(C(=O)Cc1cccs1)C(C(=O)NC1CCCC1)c1ccncc1. The van der Waals surface area contributed by atoms with Gasteiger partial charge < -0.3 is 15.0 Å². The van der Waals surface area contributed by atoms with Crippen LogP contribution in [0.1, 0.15) is 42.2 Å². The van der Waals surface area contributed by atoms with Crippen LogP contribution < -0.4 is 5.32 Å². The predicted octanol–water partition coefficient (Wildman–Crippen LogP) is 2.96. The van der Waals surface area contributed by atoms with Gasteiger partial charge in [0.25, 0.3) is 0 Å². The lowest BCUT2D eigenvalue weighted by atomic mass is 10.0. The maximum Gasteiger partial charge on any atom is 0.247 e. The first kappa shape index (κ1) is 20.5. The number of thiophene rings is 1. The van der Waals surface area contributed by atoms with Gasteiger partial charge in [0.2, 0.25) is 11.8 Å². The normalized spacial score (nSPS) is 15.3. The van der Waals surface area contributed by atoms with E-state index in [9.17, 15) is 9.59 Å². The standard InChI is InChI=1S/C21H27N3O3S/c1-27-13-12-24(19(25)15-18-7-4-14-28-18)20(16-8-10-22-11-9-16)21(26)23-17-5-2-3-6-17/h4,7-11,14,17,20H,2-3,5-6,12-13,15H2,1H3,(H,23,26). The number of rotatable bonds is 9. The van der Waals surface area contributed by atoms with Crippen molar-refractivity contribution in [3.8, 4) is 0 Å². The minimum atomic E-state index is -0.689. The number of methoxy groups -OCH3 is 1. The van der Waals surface area contributed by atoms with Gasteiger partial charge in [0, 0.05) is 37.0 Å². The highest BCUT2D eigenvalue weighted by Gasteiger charge is 2.33. The molecule has 1 unspecified atom stereocenters. The van der Waals surface area contributed by atoms with Crippen molar-refractivity contribution in [2.45, 2.75) is 44.2 Å². The first-order chi connectivity index (χ1) is 13.7. The molecule has 0 bridgehead atoms. The van der Waals surface area contributed by atoms with Crippen molar-refractivity contribution in [3.05, 3.63) is 52.5 Å². The third-order valence-electron chi connectivity index (χ3n) is 5.05.